The number of hydrogen-bond donors (Lipinski definition) is 2. The number of anilines is 1. The van der Waals surface area contributed by atoms with Crippen LogP contribution in [0.2, 0.25) is 0 Å². The van der Waals surface area contributed by atoms with Crippen LogP contribution in [0.5, 0.6) is 5.75 Å². The third kappa shape index (κ3) is 1.02. The lowest BCUT2D eigenvalue weighted by Crippen LogP contribution is -2.11. The standard InChI is InChI=1S/C8H10N2O/c11-8-5-9-4-7-6(8)2-1-3-10-7/h4-5,10-11H,1-3H2. The maximum Gasteiger partial charge on any atom is 0.139 e. The van der Waals surface area contributed by atoms with Gasteiger partial charge in [-0.15, -0.1) is 0 Å². The summed E-state index contributed by atoms with van der Waals surface area (Å²) in [5.74, 6) is 0.315. The van der Waals surface area contributed by atoms with E-state index in [1.165, 1.54) is 6.20 Å². The molecule has 0 saturated heterocycles. The van der Waals surface area contributed by atoms with Gasteiger partial charge in [-0.25, -0.2) is 0 Å². The lowest BCUT2D eigenvalue weighted by molar-refractivity contribution is 0.464. The second kappa shape index (κ2) is 2.42. The van der Waals surface area contributed by atoms with Crippen LogP contribution in [0.15, 0.2) is 12.4 Å². The molecule has 0 bridgehead atoms. The van der Waals surface area contributed by atoms with Gasteiger partial charge in [0.1, 0.15) is 5.75 Å². The number of aromatic hydroxyl groups is 1. The van der Waals surface area contributed by atoms with Crippen molar-refractivity contribution in [3.8, 4) is 5.75 Å². The van der Waals surface area contributed by atoms with Crippen LogP contribution in [0.4, 0.5) is 5.69 Å². The highest BCUT2D eigenvalue weighted by Crippen LogP contribution is 2.27. The Balaban J connectivity index is 2.49. The average molecular weight is 150 g/mol. The zero-order valence-corrected chi connectivity index (χ0v) is 6.17. The topological polar surface area (TPSA) is 45.2 Å². The summed E-state index contributed by atoms with van der Waals surface area (Å²) in [6.45, 7) is 0.984. The third-order valence-electron chi connectivity index (χ3n) is 1.95. The van der Waals surface area contributed by atoms with Gasteiger partial charge in [0, 0.05) is 12.1 Å². The van der Waals surface area contributed by atoms with Gasteiger partial charge in [0.25, 0.3) is 0 Å². The molecule has 3 heteroatoms. The largest absolute Gasteiger partial charge is 0.506 e. The van der Waals surface area contributed by atoms with Crippen LogP contribution in [-0.4, -0.2) is 16.6 Å². The van der Waals surface area contributed by atoms with E-state index in [0.717, 1.165) is 30.6 Å². The zero-order valence-electron chi connectivity index (χ0n) is 6.17. The monoisotopic (exact) mass is 150 g/mol. The minimum Gasteiger partial charge on any atom is -0.506 e. The van der Waals surface area contributed by atoms with E-state index in [4.69, 9.17) is 0 Å². The van der Waals surface area contributed by atoms with Gasteiger partial charge in [0.2, 0.25) is 0 Å². The van der Waals surface area contributed by atoms with Gasteiger partial charge in [-0.05, 0) is 12.8 Å². The lowest BCUT2D eigenvalue weighted by Gasteiger charge is -2.17. The lowest BCUT2D eigenvalue weighted by atomic mass is 10.1. The molecule has 0 spiro atoms. The Bertz CT molecular complexity index is 273. The van der Waals surface area contributed by atoms with Crippen LogP contribution < -0.4 is 5.32 Å². The molecule has 2 N–H and O–H groups in total. The molecule has 0 atom stereocenters. The summed E-state index contributed by atoms with van der Waals surface area (Å²) in [5.41, 5.74) is 1.99. The van der Waals surface area contributed by atoms with E-state index < -0.39 is 0 Å². The molecule has 0 saturated carbocycles. The van der Waals surface area contributed by atoms with Crippen molar-refractivity contribution >= 4 is 5.69 Å². The highest BCUT2D eigenvalue weighted by molar-refractivity contribution is 5.56. The second-order valence-electron chi connectivity index (χ2n) is 2.72. The molecule has 0 fully saturated rings. The number of nitrogens with zero attached hydrogens (tertiary/aromatic N) is 1. The molecule has 11 heavy (non-hydrogen) atoms. The fourth-order valence-corrected chi connectivity index (χ4v) is 1.38. The predicted octanol–water partition coefficient (Wildman–Crippen LogP) is 1.15. The fourth-order valence-electron chi connectivity index (χ4n) is 1.38. The normalized spacial score (nSPS) is 15.3. The molecule has 2 heterocycles. The minimum atomic E-state index is 0.315. The Morgan fingerprint density at radius 1 is 1.45 bits per heavy atom. The third-order valence-corrected chi connectivity index (χ3v) is 1.95. The Kier molecular flexibility index (Phi) is 1.42. The summed E-state index contributed by atoms with van der Waals surface area (Å²) in [5, 5.41) is 12.5. The molecule has 58 valence electrons. The van der Waals surface area contributed by atoms with E-state index in [2.05, 4.69) is 10.3 Å². The van der Waals surface area contributed by atoms with E-state index in [9.17, 15) is 5.11 Å². The zero-order chi connectivity index (χ0) is 7.68. The average Bonchev–Trinajstić information content (AvgIpc) is 2.06. The molecule has 1 aromatic heterocycles. The Hall–Kier alpha value is -1.25. The van der Waals surface area contributed by atoms with Gasteiger partial charge in [0.05, 0.1) is 18.1 Å². The first kappa shape index (κ1) is 6.46. The van der Waals surface area contributed by atoms with Crippen LogP contribution in [0.1, 0.15) is 12.0 Å². The molecular formula is C8H10N2O. The van der Waals surface area contributed by atoms with Crippen molar-refractivity contribution in [2.45, 2.75) is 12.8 Å². The van der Waals surface area contributed by atoms with Crippen molar-refractivity contribution in [1.29, 1.82) is 0 Å². The smallest absolute Gasteiger partial charge is 0.139 e. The molecule has 2 rings (SSSR count). The van der Waals surface area contributed by atoms with Gasteiger partial charge in [-0.1, -0.05) is 0 Å². The summed E-state index contributed by atoms with van der Waals surface area (Å²) < 4.78 is 0. The molecule has 1 aliphatic heterocycles. The summed E-state index contributed by atoms with van der Waals surface area (Å²) in [6, 6.07) is 0. The summed E-state index contributed by atoms with van der Waals surface area (Å²) in [7, 11) is 0. The Morgan fingerprint density at radius 2 is 2.36 bits per heavy atom. The van der Waals surface area contributed by atoms with Gasteiger partial charge < -0.3 is 10.4 Å². The van der Waals surface area contributed by atoms with Crippen LogP contribution in [0, 0.1) is 0 Å². The van der Waals surface area contributed by atoms with Gasteiger partial charge in [-0.2, -0.15) is 0 Å². The first-order chi connectivity index (χ1) is 5.38. The summed E-state index contributed by atoms with van der Waals surface area (Å²) >= 11 is 0. The Morgan fingerprint density at radius 3 is 3.18 bits per heavy atom. The first-order valence-corrected chi connectivity index (χ1v) is 3.77. The minimum absolute atomic E-state index is 0.315. The van der Waals surface area contributed by atoms with Crippen LogP contribution >= 0.6 is 0 Å². The molecule has 3 nitrogen and oxygen atoms in total. The van der Waals surface area contributed by atoms with E-state index in [1.807, 2.05) is 0 Å². The van der Waals surface area contributed by atoms with Gasteiger partial charge >= 0.3 is 0 Å². The van der Waals surface area contributed by atoms with Gasteiger partial charge in [0.15, 0.2) is 0 Å². The molecule has 0 unspecified atom stereocenters. The molecule has 0 aromatic carbocycles. The number of pyridine rings is 1. The van der Waals surface area contributed by atoms with Crippen LogP contribution in [0.3, 0.4) is 0 Å². The van der Waals surface area contributed by atoms with Crippen molar-refractivity contribution in [2.24, 2.45) is 0 Å². The predicted molar refractivity (Wildman–Crippen MR) is 42.7 cm³/mol. The molecule has 0 amide bonds. The number of aromatic nitrogens is 1. The molecule has 1 aromatic rings. The number of hydrogen-bond acceptors (Lipinski definition) is 3. The Labute approximate surface area is 65.1 Å². The molecule has 0 radical (unpaired) electrons. The quantitative estimate of drug-likeness (QED) is 0.583. The molecule has 1 aliphatic rings. The highest BCUT2D eigenvalue weighted by Gasteiger charge is 2.11. The van der Waals surface area contributed by atoms with Crippen LogP contribution in [0.25, 0.3) is 0 Å². The fraction of sp³-hybridized carbons (Fsp3) is 0.375. The number of nitrogens with one attached hydrogen (secondary N) is 1. The number of rotatable bonds is 0. The van der Waals surface area contributed by atoms with Crippen molar-refractivity contribution in [2.75, 3.05) is 11.9 Å². The number of fused-ring (bicyclic) bond motifs is 1. The van der Waals surface area contributed by atoms with Crippen LogP contribution in [-0.2, 0) is 6.42 Å². The van der Waals surface area contributed by atoms with Crippen molar-refractivity contribution in [1.82, 2.24) is 4.98 Å². The van der Waals surface area contributed by atoms with E-state index >= 15 is 0 Å². The van der Waals surface area contributed by atoms with E-state index in [0.29, 0.717) is 5.75 Å². The van der Waals surface area contributed by atoms with Gasteiger partial charge in [-0.3, -0.25) is 4.98 Å². The SMILES string of the molecule is Oc1cncc2c1CCCN2. The van der Waals surface area contributed by atoms with Crippen molar-refractivity contribution < 1.29 is 5.11 Å². The van der Waals surface area contributed by atoms with E-state index in [-0.39, 0.29) is 0 Å². The summed E-state index contributed by atoms with van der Waals surface area (Å²) in [6.07, 6.45) is 5.29. The maximum absolute atomic E-state index is 9.35. The van der Waals surface area contributed by atoms with E-state index in [1.54, 1.807) is 6.20 Å². The maximum atomic E-state index is 9.35. The molecule has 0 aliphatic carbocycles. The summed E-state index contributed by atoms with van der Waals surface area (Å²) in [4.78, 5) is 3.89. The highest BCUT2D eigenvalue weighted by atomic mass is 16.3. The first-order valence-electron chi connectivity index (χ1n) is 3.77. The van der Waals surface area contributed by atoms with Crippen molar-refractivity contribution in [3.05, 3.63) is 18.0 Å². The molecular weight excluding hydrogens is 140 g/mol. The van der Waals surface area contributed by atoms with Crippen molar-refractivity contribution in [3.63, 3.8) is 0 Å². The second-order valence-corrected chi connectivity index (χ2v) is 2.72.